The second-order valence-corrected chi connectivity index (χ2v) is 8.35. The highest BCUT2D eigenvalue weighted by molar-refractivity contribution is 6.33. The van der Waals surface area contributed by atoms with Crippen molar-refractivity contribution in [2.75, 3.05) is 0 Å². The molecular weight excluding hydrogens is 390 g/mol. The Kier molecular flexibility index (Phi) is 7.20. The lowest BCUT2D eigenvalue weighted by atomic mass is 9.86. The number of Topliss-reactive ketones (excluding diaryl/α,β-unsaturated/α-hetero) is 1. The predicted molar refractivity (Wildman–Crippen MR) is 113 cm³/mol. The second-order valence-electron chi connectivity index (χ2n) is 7.95. The summed E-state index contributed by atoms with van der Waals surface area (Å²) >= 11 is 5.99. The van der Waals surface area contributed by atoms with Crippen LogP contribution in [0.3, 0.4) is 0 Å². The van der Waals surface area contributed by atoms with Crippen molar-refractivity contribution < 1.29 is 19.1 Å². The molecule has 0 fully saturated rings. The Morgan fingerprint density at radius 1 is 0.966 bits per heavy atom. The summed E-state index contributed by atoms with van der Waals surface area (Å²) in [6, 6.07) is 12.9. The molecule has 0 bridgehead atoms. The third kappa shape index (κ3) is 5.91. The maximum absolute atomic E-state index is 12.6. The van der Waals surface area contributed by atoms with Gasteiger partial charge < -0.3 is 10.1 Å². The van der Waals surface area contributed by atoms with Crippen LogP contribution >= 0.6 is 11.6 Å². The van der Waals surface area contributed by atoms with E-state index in [1.54, 1.807) is 36.4 Å². The normalized spacial score (nSPS) is 13.3. The monoisotopic (exact) mass is 415 g/mol. The number of nitrogens with one attached hydrogen (secondary N) is 1. The zero-order chi connectivity index (χ0) is 21.8. The first-order valence-electron chi connectivity index (χ1n) is 9.41. The quantitative estimate of drug-likeness (QED) is 0.554. The summed E-state index contributed by atoms with van der Waals surface area (Å²) < 4.78 is 5.26. The summed E-state index contributed by atoms with van der Waals surface area (Å²) in [6.07, 6.45) is -0.970. The zero-order valence-electron chi connectivity index (χ0n) is 17.3. The van der Waals surface area contributed by atoms with Gasteiger partial charge in [0, 0.05) is 5.56 Å². The highest BCUT2D eigenvalue weighted by Gasteiger charge is 2.25. The predicted octanol–water partition coefficient (Wildman–Crippen LogP) is 4.57. The molecule has 0 spiro atoms. The van der Waals surface area contributed by atoms with E-state index < -0.39 is 24.0 Å². The molecule has 2 atom stereocenters. The molecule has 5 nitrogen and oxygen atoms in total. The van der Waals surface area contributed by atoms with Crippen LogP contribution in [0.5, 0.6) is 0 Å². The van der Waals surface area contributed by atoms with Gasteiger partial charge in [-0.1, -0.05) is 68.8 Å². The van der Waals surface area contributed by atoms with Gasteiger partial charge in [-0.05, 0) is 37.0 Å². The number of carbonyl (C=O) groups excluding carboxylic acids is 3. The Hall–Kier alpha value is -2.66. The van der Waals surface area contributed by atoms with Gasteiger partial charge in [0.2, 0.25) is 5.78 Å². The maximum atomic E-state index is 12.6. The standard InChI is InChI=1S/C23H26ClNO4/c1-14(25-21(27)18-8-6-7-9-19(18)24)22(28)29-15(2)20(26)16-10-12-17(13-11-16)23(3,4)5/h6-15H,1-5H3,(H,25,27)/t14-,15+/m0/s1. The number of benzene rings is 2. The van der Waals surface area contributed by atoms with E-state index in [-0.39, 0.29) is 21.8 Å². The van der Waals surface area contributed by atoms with E-state index in [2.05, 4.69) is 26.1 Å². The molecule has 0 heterocycles. The second kappa shape index (κ2) is 9.23. The van der Waals surface area contributed by atoms with E-state index in [1.807, 2.05) is 12.1 Å². The van der Waals surface area contributed by atoms with E-state index in [1.165, 1.54) is 13.8 Å². The first-order chi connectivity index (χ1) is 13.5. The molecule has 2 rings (SSSR count). The average molecular weight is 416 g/mol. The number of hydrogen-bond acceptors (Lipinski definition) is 4. The smallest absolute Gasteiger partial charge is 0.329 e. The van der Waals surface area contributed by atoms with E-state index >= 15 is 0 Å². The largest absolute Gasteiger partial charge is 0.453 e. The molecule has 2 aromatic rings. The van der Waals surface area contributed by atoms with Gasteiger partial charge in [-0.25, -0.2) is 4.79 Å². The van der Waals surface area contributed by atoms with Crippen LogP contribution < -0.4 is 5.32 Å². The highest BCUT2D eigenvalue weighted by Crippen LogP contribution is 2.22. The zero-order valence-corrected chi connectivity index (χ0v) is 18.0. The fourth-order valence-corrected chi connectivity index (χ4v) is 2.90. The Morgan fingerprint density at radius 3 is 2.10 bits per heavy atom. The van der Waals surface area contributed by atoms with Gasteiger partial charge in [0.1, 0.15) is 6.04 Å². The molecule has 0 unspecified atom stereocenters. The van der Waals surface area contributed by atoms with Gasteiger partial charge in [-0.2, -0.15) is 0 Å². The molecule has 0 aliphatic carbocycles. The van der Waals surface area contributed by atoms with Crippen molar-refractivity contribution in [2.45, 2.75) is 52.2 Å². The molecule has 1 N–H and O–H groups in total. The molecule has 2 aromatic carbocycles. The fraction of sp³-hybridized carbons (Fsp3) is 0.348. The van der Waals surface area contributed by atoms with Crippen molar-refractivity contribution >= 4 is 29.3 Å². The lowest BCUT2D eigenvalue weighted by molar-refractivity contribution is -0.148. The number of halogens is 1. The van der Waals surface area contributed by atoms with E-state index in [0.717, 1.165) is 5.56 Å². The van der Waals surface area contributed by atoms with Crippen molar-refractivity contribution in [1.29, 1.82) is 0 Å². The number of ether oxygens (including phenoxy) is 1. The Bertz CT molecular complexity index is 900. The third-order valence-corrected chi connectivity index (χ3v) is 4.85. The van der Waals surface area contributed by atoms with Crippen LogP contribution in [0, 0.1) is 0 Å². The molecule has 6 heteroatoms. The molecule has 29 heavy (non-hydrogen) atoms. The minimum atomic E-state index is -0.970. The van der Waals surface area contributed by atoms with Gasteiger partial charge in [0.05, 0.1) is 10.6 Å². The molecule has 0 saturated heterocycles. The highest BCUT2D eigenvalue weighted by atomic mass is 35.5. The van der Waals surface area contributed by atoms with Crippen molar-refractivity contribution in [3.8, 4) is 0 Å². The minimum absolute atomic E-state index is 0.0189. The van der Waals surface area contributed by atoms with Crippen molar-refractivity contribution in [2.24, 2.45) is 0 Å². The summed E-state index contributed by atoms with van der Waals surface area (Å²) in [5.41, 5.74) is 1.81. The summed E-state index contributed by atoms with van der Waals surface area (Å²) in [5.74, 6) is -1.49. The molecule has 0 aliphatic heterocycles. The Morgan fingerprint density at radius 2 is 1.55 bits per heavy atom. The SMILES string of the molecule is C[C@H](NC(=O)c1ccccc1Cl)C(=O)O[C@H](C)C(=O)c1ccc(C(C)(C)C)cc1. The van der Waals surface area contributed by atoms with Crippen LogP contribution in [0.25, 0.3) is 0 Å². The van der Waals surface area contributed by atoms with Crippen LogP contribution in [-0.4, -0.2) is 29.8 Å². The topological polar surface area (TPSA) is 72.5 Å². The Balaban J connectivity index is 1.97. The maximum Gasteiger partial charge on any atom is 0.329 e. The van der Waals surface area contributed by atoms with E-state index in [9.17, 15) is 14.4 Å². The number of ketones is 1. The number of rotatable bonds is 6. The van der Waals surface area contributed by atoms with Crippen LogP contribution in [0.1, 0.15) is 60.9 Å². The van der Waals surface area contributed by atoms with Gasteiger partial charge in [-0.3, -0.25) is 9.59 Å². The molecule has 0 aliphatic rings. The first kappa shape index (κ1) is 22.6. The average Bonchev–Trinajstić information content (AvgIpc) is 2.66. The van der Waals surface area contributed by atoms with Gasteiger partial charge in [-0.15, -0.1) is 0 Å². The Labute approximate surface area is 176 Å². The lowest BCUT2D eigenvalue weighted by Gasteiger charge is -2.20. The molecule has 0 saturated carbocycles. The molecule has 0 radical (unpaired) electrons. The fourth-order valence-electron chi connectivity index (χ4n) is 2.68. The summed E-state index contributed by atoms with van der Waals surface area (Å²) in [5, 5.41) is 2.82. The van der Waals surface area contributed by atoms with Crippen LogP contribution in [0.4, 0.5) is 0 Å². The summed E-state index contributed by atoms with van der Waals surface area (Å²) in [7, 11) is 0. The number of hydrogen-bond donors (Lipinski definition) is 1. The lowest BCUT2D eigenvalue weighted by Crippen LogP contribution is -2.41. The minimum Gasteiger partial charge on any atom is -0.453 e. The number of esters is 1. The van der Waals surface area contributed by atoms with Gasteiger partial charge in [0.25, 0.3) is 5.91 Å². The summed E-state index contributed by atoms with van der Waals surface area (Å²) in [4.78, 5) is 37.1. The van der Waals surface area contributed by atoms with Crippen molar-refractivity contribution in [3.63, 3.8) is 0 Å². The van der Waals surface area contributed by atoms with Crippen LogP contribution in [0.15, 0.2) is 48.5 Å². The number of amides is 1. The number of carbonyl (C=O) groups is 3. The summed E-state index contributed by atoms with van der Waals surface area (Å²) in [6.45, 7) is 9.28. The van der Waals surface area contributed by atoms with Crippen LogP contribution in [0.2, 0.25) is 5.02 Å². The van der Waals surface area contributed by atoms with E-state index in [0.29, 0.717) is 5.56 Å². The first-order valence-corrected chi connectivity index (χ1v) is 9.79. The molecule has 154 valence electrons. The molecular formula is C23H26ClNO4. The molecule has 1 amide bonds. The van der Waals surface area contributed by atoms with Gasteiger partial charge >= 0.3 is 5.97 Å². The van der Waals surface area contributed by atoms with Gasteiger partial charge in [0.15, 0.2) is 6.10 Å². The van der Waals surface area contributed by atoms with E-state index in [4.69, 9.17) is 16.3 Å². The molecule has 0 aromatic heterocycles. The third-order valence-electron chi connectivity index (χ3n) is 4.52. The van der Waals surface area contributed by atoms with Crippen molar-refractivity contribution in [3.05, 3.63) is 70.2 Å². The van der Waals surface area contributed by atoms with Crippen molar-refractivity contribution in [1.82, 2.24) is 5.32 Å². The van der Waals surface area contributed by atoms with Crippen LogP contribution in [-0.2, 0) is 14.9 Å².